The Bertz CT molecular complexity index is 1140. The Balaban J connectivity index is 1.58. The van der Waals surface area contributed by atoms with Crippen LogP contribution in [0.1, 0.15) is 32.8 Å². The van der Waals surface area contributed by atoms with E-state index in [1.54, 1.807) is 16.7 Å². The highest BCUT2D eigenvalue weighted by Gasteiger charge is 2.44. The average Bonchev–Trinajstić information content (AvgIpc) is 3.17. The number of thioether (sulfide) groups is 1. The number of carbonyl (C=O) groups excluding carboxylic acids is 2. The van der Waals surface area contributed by atoms with Crippen molar-refractivity contribution < 1.29 is 28.2 Å². The largest absolute Gasteiger partial charge is 0.503 e. The Kier molecular flexibility index (Phi) is 6.20. The van der Waals surface area contributed by atoms with Crippen LogP contribution in [0.25, 0.3) is 0 Å². The van der Waals surface area contributed by atoms with Crippen LogP contribution < -0.4 is 10.7 Å². The van der Waals surface area contributed by atoms with Crippen molar-refractivity contribution in [1.82, 2.24) is 14.8 Å². The van der Waals surface area contributed by atoms with Crippen molar-refractivity contribution >= 4 is 23.6 Å². The van der Waals surface area contributed by atoms with Gasteiger partial charge in [-0.15, -0.1) is 0 Å². The first kappa shape index (κ1) is 22.3. The number of rotatable bonds is 6. The molecule has 1 unspecified atom stereocenters. The van der Waals surface area contributed by atoms with Crippen molar-refractivity contribution in [3.8, 4) is 5.75 Å². The second kappa shape index (κ2) is 8.91. The lowest BCUT2D eigenvalue weighted by molar-refractivity contribution is 0.00567. The van der Waals surface area contributed by atoms with Crippen molar-refractivity contribution in [2.75, 3.05) is 18.6 Å². The number of hydrogen-bond donors (Lipinski definition) is 2. The van der Waals surface area contributed by atoms with E-state index in [0.717, 1.165) is 18.2 Å². The third kappa shape index (κ3) is 3.97. The normalized spacial score (nSPS) is 19.6. The fourth-order valence-electron chi connectivity index (χ4n) is 3.94. The van der Waals surface area contributed by atoms with Gasteiger partial charge in [0.05, 0.1) is 19.2 Å². The molecular formula is C21H21F2N3O5S. The molecule has 11 heteroatoms. The van der Waals surface area contributed by atoms with E-state index in [2.05, 4.69) is 5.32 Å². The third-order valence-electron chi connectivity index (χ3n) is 5.59. The van der Waals surface area contributed by atoms with E-state index in [1.165, 1.54) is 16.8 Å². The summed E-state index contributed by atoms with van der Waals surface area (Å²) in [5, 5.41) is 12.9. The molecule has 1 saturated heterocycles. The van der Waals surface area contributed by atoms with Crippen LogP contribution >= 0.6 is 11.8 Å². The summed E-state index contributed by atoms with van der Waals surface area (Å²) in [6.45, 7) is 0.215. The second-order valence-corrected chi connectivity index (χ2v) is 8.56. The van der Waals surface area contributed by atoms with Gasteiger partial charge in [0.15, 0.2) is 17.7 Å². The number of halogens is 2. The summed E-state index contributed by atoms with van der Waals surface area (Å²) in [6.07, 6.45) is 3.31. The molecule has 2 aromatic rings. The van der Waals surface area contributed by atoms with Gasteiger partial charge in [0.2, 0.25) is 5.43 Å². The van der Waals surface area contributed by atoms with E-state index in [-0.39, 0.29) is 30.4 Å². The van der Waals surface area contributed by atoms with Crippen LogP contribution in [0.2, 0.25) is 0 Å². The van der Waals surface area contributed by atoms with Gasteiger partial charge in [-0.2, -0.15) is 11.8 Å². The van der Waals surface area contributed by atoms with Crippen molar-refractivity contribution in [2.45, 2.75) is 31.8 Å². The highest BCUT2D eigenvalue weighted by molar-refractivity contribution is 7.98. The maximum Gasteiger partial charge on any atom is 0.276 e. The fourth-order valence-corrected chi connectivity index (χ4v) is 4.45. The molecule has 3 heterocycles. The Labute approximate surface area is 186 Å². The zero-order valence-corrected chi connectivity index (χ0v) is 18.0. The molecule has 1 aromatic heterocycles. The summed E-state index contributed by atoms with van der Waals surface area (Å²) in [4.78, 5) is 39.8. The second-order valence-electron chi connectivity index (χ2n) is 7.58. The van der Waals surface area contributed by atoms with Crippen LogP contribution in [0.3, 0.4) is 0 Å². The maximum atomic E-state index is 13.8. The summed E-state index contributed by atoms with van der Waals surface area (Å²) in [5.41, 5.74) is -1.55. The van der Waals surface area contributed by atoms with Crippen LogP contribution in [-0.4, -0.2) is 57.3 Å². The lowest BCUT2D eigenvalue weighted by Crippen LogP contribution is -2.49. The van der Waals surface area contributed by atoms with Gasteiger partial charge in [-0.25, -0.2) is 8.78 Å². The van der Waals surface area contributed by atoms with E-state index in [9.17, 15) is 28.3 Å². The molecule has 0 saturated carbocycles. The smallest absolute Gasteiger partial charge is 0.276 e. The summed E-state index contributed by atoms with van der Waals surface area (Å²) >= 11 is 1.65. The predicted molar refractivity (Wildman–Crippen MR) is 113 cm³/mol. The molecule has 32 heavy (non-hydrogen) atoms. The zero-order chi connectivity index (χ0) is 23.0. The van der Waals surface area contributed by atoms with Crippen LogP contribution in [0.4, 0.5) is 8.78 Å². The van der Waals surface area contributed by atoms with Crippen LogP contribution in [0.5, 0.6) is 5.75 Å². The number of nitrogens with zero attached hydrogens (tertiary/aromatic N) is 2. The summed E-state index contributed by atoms with van der Waals surface area (Å²) in [6, 6.07) is 2.76. The van der Waals surface area contributed by atoms with Crippen LogP contribution in [0, 0.1) is 11.6 Å². The van der Waals surface area contributed by atoms with Gasteiger partial charge < -0.3 is 24.6 Å². The van der Waals surface area contributed by atoms with Crippen molar-refractivity contribution in [2.24, 2.45) is 0 Å². The number of fused-ring (bicyclic) bond motifs is 2. The number of aromatic hydroxyl groups is 1. The molecule has 2 N–H and O–H groups in total. The quantitative estimate of drug-likeness (QED) is 0.674. The van der Waals surface area contributed by atoms with Crippen LogP contribution in [0.15, 0.2) is 29.2 Å². The number of carbonyl (C=O) groups is 2. The number of benzene rings is 1. The van der Waals surface area contributed by atoms with Gasteiger partial charge in [0, 0.05) is 24.4 Å². The standard InChI is InChI=1S/C21H21F2N3O5S/c1-32-5-4-13-10-31-16-9-25-8-14(18(27)19(28)17(25)21(30)26(13)16)20(29)24-7-11-2-3-12(22)6-15(11)23/h2-3,6,8,13,16,28H,4-5,7,9-10H2,1H3,(H,24,29)/t13-,16?/m0/s1. The molecule has 2 aliphatic heterocycles. The minimum absolute atomic E-state index is 0.0310. The van der Waals surface area contributed by atoms with Crippen molar-refractivity contribution in [1.29, 1.82) is 0 Å². The van der Waals surface area contributed by atoms with Crippen LogP contribution in [-0.2, 0) is 17.8 Å². The molecule has 0 bridgehead atoms. The number of nitrogens with one attached hydrogen (secondary N) is 1. The first-order valence-electron chi connectivity index (χ1n) is 9.93. The monoisotopic (exact) mass is 465 g/mol. The van der Waals surface area contributed by atoms with E-state index in [4.69, 9.17) is 4.74 Å². The first-order valence-corrected chi connectivity index (χ1v) is 11.3. The molecule has 0 aliphatic carbocycles. The van der Waals surface area contributed by atoms with E-state index in [1.807, 2.05) is 6.26 Å². The lowest BCUT2D eigenvalue weighted by atomic mass is 10.1. The van der Waals surface area contributed by atoms with Gasteiger partial charge in [-0.05, 0) is 24.5 Å². The molecule has 2 atom stereocenters. The summed E-state index contributed by atoms with van der Waals surface area (Å²) < 4.78 is 33.9. The molecule has 1 fully saturated rings. The SMILES string of the molecule is CSCC[C@H]1COC2Cn3cc(C(=O)NCc4ccc(F)cc4F)c(=O)c(O)c3C(=O)N21. The number of aromatic nitrogens is 1. The first-order chi connectivity index (χ1) is 15.3. The molecule has 4 rings (SSSR count). The molecule has 0 spiro atoms. The molecule has 2 aliphatic rings. The number of ether oxygens (including phenoxy) is 1. The molecular weight excluding hydrogens is 444 g/mol. The minimum Gasteiger partial charge on any atom is -0.503 e. The number of pyridine rings is 1. The highest BCUT2D eigenvalue weighted by Crippen LogP contribution is 2.31. The van der Waals surface area contributed by atoms with Crippen molar-refractivity contribution in [3.05, 3.63) is 63.1 Å². The fraction of sp³-hybridized carbons (Fsp3) is 0.381. The molecule has 2 amide bonds. The summed E-state index contributed by atoms with van der Waals surface area (Å²) in [7, 11) is 0. The van der Waals surface area contributed by atoms with Crippen molar-refractivity contribution in [3.63, 3.8) is 0 Å². The molecule has 170 valence electrons. The van der Waals surface area contributed by atoms with Gasteiger partial charge in [0.1, 0.15) is 17.2 Å². The lowest BCUT2D eigenvalue weighted by Gasteiger charge is -2.34. The van der Waals surface area contributed by atoms with Gasteiger partial charge in [-0.1, -0.05) is 6.07 Å². The number of hydrogen-bond acceptors (Lipinski definition) is 6. The highest BCUT2D eigenvalue weighted by atomic mass is 32.2. The predicted octanol–water partition coefficient (Wildman–Crippen LogP) is 1.70. The third-order valence-corrected chi connectivity index (χ3v) is 6.23. The number of amides is 2. The molecule has 8 nitrogen and oxygen atoms in total. The maximum absolute atomic E-state index is 13.8. The van der Waals surface area contributed by atoms with Gasteiger partial charge in [0.25, 0.3) is 11.8 Å². The molecule has 0 radical (unpaired) electrons. The summed E-state index contributed by atoms with van der Waals surface area (Å²) in [5.74, 6) is -2.96. The molecule has 1 aromatic carbocycles. The zero-order valence-electron chi connectivity index (χ0n) is 17.1. The Morgan fingerprint density at radius 1 is 1.34 bits per heavy atom. The van der Waals surface area contributed by atoms with Gasteiger partial charge >= 0.3 is 0 Å². The van der Waals surface area contributed by atoms with Gasteiger partial charge in [-0.3, -0.25) is 14.4 Å². The Morgan fingerprint density at radius 2 is 2.12 bits per heavy atom. The minimum atomic E-state index is -0.999. The van der Waals surface area contributed by atoms with E-state index in [0.29, 0.717) is 12.7 Å². The Morgan fingerprint density at radius 3 is 2.84 bits per heavy atom. The average molecular weight is 465 g/mol. The Hall–Kier alpha value is -2.92. The topological polar surface area (TPSA) is 101 Å². The van der Waals surface area contributed by atoms with E-state index >= 15 is 0 Å². The van der Waals surface area contributed by atoms with E-state index < -0.39 is 46.4 Å².